The Morgan fingerprint density at radius 3 is 1.91 bits per heavy atom. The van der Waals surface area contributed by atoms with Gasteiger partial charge in [0.25, 0.3) is 0 Å². The van der Waals surface area contributed by atoms with Crippen LogP contribution in [-0.4, -0.2) is 15.0 Å². The number of allylic oxidation sites excluding steroid dienone is 6. The molecule has 0 fully saturated rings. The van der Waals surface area contributed by atoms with E-state index < -0.39 is 0 Å². The van der Waals surface area contributed by atoms with Crippen molar-refractivity contribution in [3.63, 3.8) is 0 Å². The first-order valence-electron chi connectivity index (χ1n) is 18.6. The molecule has 0 saturated heterocycles. The van der Waals surface area contributed by atoms with E-state index in [4.69, 9.17) is 19.4 Å². The van der Waals surface area contributed by atoms with Crippen molar-refractivity contribution in [3.8, 4) is 45.3 Å². The van der Waals surface area contributed by atoms with Gasteiger partial charge in [-0.1, -0.05) is 141 Å². The van der Waals surface area contributed by atoms with Crippen LogP contribution in [0.4, 0.5) is 5.69 Å². The summed E-state index contributed by atoms with van der Waals surface area (Å²) < 4.78 is 9.15. The van der Waals surface area contributed by atoms with Crippen molar-refractivity contribution in [3.05, 3.63) is 194 Å². The molecule has 1 aliphatic heterocycles. The lowest BCUT2D eigenvalue weighted by molar-refractivity contribution is 0.668. The molecule has 6 heteroatoms. The molecule has 10 rings (SSSR count). The summed E-state index contributed by atoms with van der Waals surface area (Å²) in [6.45, 7) is 8.78. The van der Waals surface area contributed by atoms with Crippen molar-refractivity contribution in [2.45, 2.75) is 6.42 Å². The lowest BCUT2D eigenvalue weighted by atomic mass is 9.96. The highest BCUT2D eigenvalue weighted by Gasteiger charge is 2.22. The largest absolute Gasteiger partial charge is 0.454 e. The molecule has 9 aromatic rings. The van der Waals surface area contributed by atoms with Gasteiger partial charge in [-0.05, 0) is 60.0 Å². The molecule has 0 aliphatic carbocycles. The second-order valence-electron chi connectivity index (χ2n) is 13.7. The Hall–Kier alpha value is -7.15. The first kappa shape index (κ1) is 33.4. The van der Waals surface area contributed by atoms with Crippen LogP contribution in [0.1, 0.15) is 6.42 Å². The third-order valence-electron chi connectivity index (χ3n) is 10.2. The highest BCUT2D eigenvalue weighted by Crippen LogP contribution is 2.45. The van der Waals surface area contributed by atoms with Crippen LogP contribution in [0.3, 0.4) is 0 Å². The Morgan fingerprint density at radius 2 is 1.18 bits per heavy atom. The van der Waals surface area contributed by atoms with Gasteiger partial charge in [0.1, 0.15) is 5.58 Å². The fourth-order valence-corrected chi connectivity index (χ4v) is 8.76. The lowest BCUT2D eigenvalue weighted by Crippen LogP contribution is -2.18. The number of hydrogen-bond acceptors (Lipinski definition) is 6. The van der Waals surface area contributed by atoms with Gasteiger partial charge in [-0.2, -0.15) is 0 Å². The zero-order valence-electron chi connectivity index (χ0n) is 30.4. The van der Waals surface area contributed by atoms with Crippen LogP contribution < -0.4 is 4.90 Å². The van der Waals surface area contributed by atoms with Crippen molar-refractivity contribution in [2.24, 2.45) is 0 Å². The van der Waals surface area contributed by atoms with Gasteiger partial charge in [-0.15, -0.1) is 11.3 Å². The molecule has 0 atom stereocenters. The van der Waals surface area contributed by atoms with E-state index in [-0.39, 0.29) is 0 Å². The third kappa shape index (κ3) is 5.84. The fraction of sp³-hybridized carbons (Fsp3) is 0.0200. The van der Waals surface area contributed by atoms with Crippen LogP contribution in [0.2, 0.25) is 0 Å². The maximum atomic E-state index is 6.80. The molecule has 1 aliphatic rings. The minimum atomic E-state index is 0.637. The van der Waals surface area contributed by atoms with Gasteiger partial charge in [-0.3, -0.25) is 0 Å². The summed E-state index contributed by atoms with van der Waals surface area (Å²) in [4.78, 5) is 17.3. The number of thiophene rings is 1. The van der Waals surface area contributed by atoms with Gasteiger partial charge in [0.05, 0.1) is 5.69 Å². The molecule has 0 N–H and O–H groups in total. The maximum absolute atomic E-state index is 6.80. The molecular weight excluding hydrogens is 705 g/mol. The van der Waals surface area contributed by atoms with E-state index in [0.717, 1.165) is 84.0 Å². The molecule has 266 valence electrons. The van der Waals surface area contributed by atoms with E-state index in [9.17, 15) is 0 Å². The molecule has 3 aromatic heterocycles. The molecule has 0 saturated carbocycles. The quantitative estimate of drug-likeness (QED) is 0.176. The smallest absolute Gasteiger partial charge is 0.164 e. The van der Waals surface area contributed by atoms with E-state index >= 15 is 0 Å². The summed E-state index contributed by atoms with van der Waals surface area (Å²) in [5, 5.41) is 4.37. The molecule has 4 heterocycles. The maximum Gasteiger partial charge on any atom is 0.164 e. The molecule has 0 unspecified atom stereocenters. The third-order valence-corrected chi connectivity index (χ3v) is 11.3. The minimum absolute atomic E-state index is 0.637. The number of hydrogen-bond donors (Lipinski definition) is 0. The summed E-state index contributed by atoms with van der Waals surface area (Å²) in [5.74, 6) is 1.91. The van der Waals surface area contributed by atoms with E-state index in [1.54, 1.807) is 11.3 Å². The summed E-state index contributed by atoms with van der Waals surface area (Å²) in [6.07, 6.45) is 13.1. The van der Waals surface area contributed by atoms with E-state index in [1.165, 1.54) is 9.40 Å². The molecule has 6 aromatic carbocycles. The number of aromatic nitrogens is 3. The van der Waals surface area contributed by atoms with Crippen LogP contribution in [-0.2, 0) is 0 Å². The number of nitrogens with zero attached hydrogens (tertiary/aromatic N) is 4. The standard InChI is InChI=1S/C50H34N4OS/c1-32-17-8-4-3-5-9-18-33(2)54(32)41-26-14-24-39-38-30-29-36(31-42(38)55-47(39)41)37-23-15-27-43-45(37)46-40(25-16-28-44(46)56-43)50-52-48(34-19-10-6-11-20-34)51-49(53-50)35-21-12-7-13-22-35/h3-4,6-31H,1-2,5H2/b4-3-,17-8-,18-9-. The predicted octanol–water partition coefficient (Wildman–Crippen LogP) is 13.7. The van der Waals surface area contributed by atoms with Crippen LogP contribution in [0.25, 0.3) is 87.4 Å². The SMILES string of the molecule is C=C1/C=C\C=C/C/C=C\C(=C)N1c1cccc2c1oc1cc(-c3cccc4sc5cccc(-c6nc(-c7ccccc7)nc(-c7ccccc7)n6)c5c34)ccc12. The van der Waals surface area contributed by atoms with Gasteiger partial charge in [0.2, 0.25) is 0 Å². The average Bonchev–Trinajstić information content (AvgIpc) is 3.82. The zero-order chi connectivity index (χ0) is 37.6. The van der Waals surface area contributed by atoms with Crippen molar-refractivity contribution in [1.29, 1.82) is 0 Å². The van der Waals surface area contributed by atoms with E-state index in [1.807, 2.05) is 85.0 Å². The number of furan rings is 1. The van der Waals surface area contributed by atoms with Crippen LogP contribution in [0.5, 0.6) is 0 Å². The Morgan fingerprint density at radius 1 is 0.536 bits per heavy atom. The normalized spacial score (nSPS) is 15.2. The first-order chi connectivity index (χ1) is 27.6. The Kier molecular flexibility index (Phi) is 8.31. The topological polar surface area (TPSA) is 55.1 Å². The van der Waals surface area contributed by atoms with Crippen LogP contribution in [0.15, 0.2) is 199 Å². The van der Waals surface area contributed by atoms with E-state index in [0.29, 0.717) is 17.5 Å². The number of rotatable bonds is 5. The molecule has 0 radical (unpaired) electrons. The number of para-hydroxylation sites is 1. The van der Waals surface area contributed by atoms with Crippen molar-refractivity contribution >= 4 is 59.1 Å². The Bertz CT molecular complexity index is 3040. The predicted molar refractivity (Wildman–Crippen MR) is 235 cm³/mol. The van der Waals surface area contributed by atoms with Gasteiger partial charge in [0, 0.05) is 59.0 Å². The van der Waals surface area contributed by atoms with Crippen molar-refractivity contribution in [1.82, 2.24) is 15.0 Å². The summed E-state index contributed by atoms with van der Waals surface area (Å²) in [7, 11) is 0. The molecule has 0 spiro atoms. The first-order valence-corrected chi connectivity index (χ1v) is 19.4. The van der Waals surface area contributed by atoms with E-state index in [2.05, 4.69) is 103 Å². The van der Waals surface area contributed by atoms with Gasteiger partial charge in [-0.25, -0.2) is 15.0 Å². The summed E-state index contributed by atoms with van der Waals surface area (Å²) in [6, 6.07) is 46.0. The molecule has 0 amide bonds. The molecular formula is C50H34N4OS. The number of benzene rings is 6. The monoisotopic (exact) mass is 738 g/mol. The van der Waals surface area contributed by atoms with Gasteiger partial charge >= 0.3 is 0 Å². The second-order valence-corrected chi connectivity index (χ2v) is 14.8. The van der Waals surface area contributed by atoms with Gasteiger partial charge < -0.3 is 9.32 Å². The minimum Gasteiger partial charge on any atom is -0.454 e. The fourth-order valence-electron chi connectivity index (χ4n) is 7.60. The Balaban J connectivity index is 1.15. The Labute approximate surface area is 328 Å². The van der Waals surface area contributed by atoms with Crippen LogP contribution >= 0.6 is 11.3 Å². The number of fused-ring (bicyclic) bond motifs is 6. The summed E-state index contributed by atoms with van der Waals surface area (Å²) >= 11 is 1.78. The average molecular weight is 739 g/mol. The van der Waals surface area contributed by atoms with Gasteiger partial charge in [0.15, 0.2) is 23.1 Å². The van der Waals surface area contributed by atoms with Crippen molar-refractivity contribution < 1.29 is 4.42 Å². The highest BCUT2D eigenvalue weighted by atomic mass is 32.1. The lowest BCUT2D eigenvalue weighted by Gasteiger charge is -2.26. The zero-order valence-corrected chi connectivity index (χ0v) is 31.2. The number of anilines is 1. The van der Waals surface area contributed by atoms with Crippen LogP contribution in [0, 0.1) is 0 Å². The molecule has 0 bridgehead atoms. The molecule has 56 heavy (non-hydrogen) atoms. The highest BCUT2D eigenvalue weighted by molar-refractivity contribution is 7.26. The summed E-state index contributed by atoms with van der Waals surface area (Å²) in [5.41, 5.74) is 9.14. The second kappa shape index (κ2) is 13.9. The molecule has 5 nitrogen and oxygen atoms in total. The van der Waals surface area contributed by atoms with Crippen molar-refractivity contribution in [2.75, 3.05) is 4.90 Å².